The van der Waals surface area contributed by atoms with Crippen LogP contribution in [0.3, 0.4) is 0 Å². The van der Waals surface area contributed by atoms with Crippen molar-refractivity contribution in [1.29, 1.82) is 0 Å². The second-order valence-corrected chi connectivity index (χ2v) is 8.86. The molecule has 0 atom stereocenters. The monoisotopic (exact) mass is 483 g/mol. The van der Waals surface area contributed by atoms with E-state index in [0.29, 0.717) is 5.75 Å². The van der Waals surface area contributed by atoms with Crippen LogP contribution < -0.4 is 4.74 Å². The van der Waals surface area contributed by atoms with Crippen LogP contribution in [0.25, 0.3) is 23.8 Å². The van der Waals surface area contributed by atoms with Gasteiger partial charge in [0.1, 0.15) is 5.75 Å². The van der Waals surface area contributed by atoms with Crippen molar-refractivity contribution in [3.05, 3.63) is 112 Å². The molecule has 3 aromatic carbocycles. The van der Waals surface area contributed by atoms with Gasteiger partial charge in [-0.15, -0.1) is 12.4 Å². The lowest BCUT2D eigenvalue weighted by Crippen LogP contribution is -2.31. The van der Waals surface area contributed by atoms with E-state index in [1.165, 1.54) is 34.8 Å². The van der Waals surface area contributed by atoms with Gasteiger partial charge in [-0.2, -0.15) is 0 Å². The number of hydrogen-bond donors (Lipinski definition) is 0. The van der Waals surface area contributed by atoms with E-state index in [-0.39, 0.29) is 18.4 Å². The Hall–Kier alpha value is -3.40. The topological polar surface area (TPSA) is 29.5 Å². The molecule has 0 saturated carbocycles. The van der Waals surface area contributed by atoms with Gasteiger partial charge in [0.25, 0.3) is 0 Å². The van der Waals surface area contributed by atoms with Crippen LogP contribution in [0.15, 0.2) is 84.4 Å². The van der Waals surface area contributed by atoms with E-state index in [1.807, 2.05) is 18.2 Å². The molecule has 35 heavy (non-hydrogen) atoms. The average Bonchev–Trinajstić information content (AvgIpc) is 3.01. The predicted octanol–water partition coefficient (Wildman–Crippen LogP) is 7.13. The van der Waals surface area contributed by atoms with Crippen molar-refractivity contribution in [3.63, 3.8) is 0 Å². The Labute approximate surface area is 213 Å². The smallest absolute Gasteiger partial charge is 0.308 e. The van der Waals surface area contributed by atoms with Crippen LogP contribution >= 0.6 is 12.4 Å². The third kappa shape index (κ3) is 5.82. The van der Waals surface area contributed by atoms with E-state index in [4.69, 9.17) is 4.74 Å². The number of hydrogen-bond acceptors (Lipinski definition) is 3. The molecule has 1 aliphatic carbocycles. The third-order valence-corrected chi connectivity index (χ3v) is 6.51. The van der Waals surface area contributed by atoms with Gasteiger partial charge in [0.2, 0.25) is 0 Å². The van der Waals surface area contributed by atoms with E-state index in [9.17, 15) is 4.79 Å². The number of halogens is 1. The van der Waals surface area contributed by atoms with Gasteiger partial charge in [-0.1, -0.05) is 90.5 Å². The number of esters is 1. The van der Waals surface area contributed by atoms with Crippen LogP contribution in [0.5, 0.6) is 5.75 Å². The number of likely N-dealkylation sites (tertiary alicyclic amines) is 1. The molecule has 0 radical (unpaired) electrons. The summed E-state index contributed by atoms with van der Waals surface area (Å²) in [5.74, 6) is 0.288. The molecule has 1 aliphatic heterocycles. The number of ether oxygens (including phenoxy) is 1. The first-order chi connectivity index (χ1) is 16.7. The predicted molar refractivity (Wildman–Crippen MR) is 148 cm³/mol. The molecule has 0 aromatic heterocycles. The first-order valence-corrected chi connectivity index (χ1v) is 11.9. The van der Waals surface area contributed by atoms with Crippen molar-refractivity contribution in [2.24, 2.45) is 0 Å². The maximum atomic E-state index is 11.2. The van der Waals surface area contributed by atoms with Gasteiger partial charge in [-0.3, -0.25) is 9.69 Å². The molecule has 1 saturated heterocycles. The molecule has 178 valence electrons. The second-order valence-electron chi connectivity index (χ2n) is 8.86. The molecule has 0 amide bonds. The minimum atomic E-state index is -0.297. The fraction of sp³-hybridized carbons (Fsp3) is 0.194. The van der Waals surface area contributed by atoms with Crippen molar-refractivity contribution in [3.8, 4) is 5.75 Å². The minimum Gasteiger partial charge on any atom is -0.427 e. The normalized spacial score (nSPS) is 15.2. The molecule has 2 aliphatic rings. The van der Waals surface area contributed by atoms with Crippen molar-refractivity contribution in [2.45, 2.75) is 19.8 Å². The van der Waals surface area contributed by atoms with Gasteiger partial charge < -0.3 is 4.74 Å². The molecular weight excluding hydrogens is 454 g/mol. The largest absolute Gasteiger partial charge is 0.427 e. The molecule has 1 fully saturated rings. The van der Waals surface area contributed by atoms with Gasteiger partial charge >= 0.3 is 5.97 Å². The molecule has 4 heteroatoms. The molecule has 0 N–H and O–H groups in total. The number of rotatable bonds is 4. The van der Waals surface area contributed by atoms with Crippen LogP contribution in [0.2, 0.25) is 0 Å². The third-order valence-electron chi connectivity index (χ3n) is 6.51. The SMILES string of the molecule is CC(=O)Oc1cccc(/C=C/CN2CCC(=C3c4ccccc4C=Cc4ccccc43)CC2)c1.Cl. The number of piperidine rings is 1. The summed E-state index contributed by atoms with van der Waals surface area (Å²) >= 11 is 0. The molecule has 3 nitrogen and oxygen atoms in total. The summed E-state index contributed by atoms with van der Waals surface area (Å²) < 4.78 is 5.19. The lowest BCUT2D eigenvalue weighted by atomic mass is 9.86. The number of carbonyl (C=O) groups excluding carboxylic acids is 1. The van der Waals surface area contributed by atoms with Crippen molar-refractivity contribution < 1.29 is 9.53 Å². The van der Waals surface area contributed by atoms with Gasteiger partial charge in [0.05, 0.1) is 0 Å². The Balaban J connectivity index is 0.00000289. The summed E-state index contributed by atoms with van der Waals surface area (Å²) in [4.78, 5) is 13.7. The van der Waals surface area contributed by atoms with Crippen LogP contribution in [0.1, 0.15) is 47.6 Å². The maximum Gasteiger partial charge on any atom is 0.308 e. The minimum absolute atomic E-state index is 0. The molecular formula is C31H30ClNO2. The lowest BCUT2D eigenvalue weighted by molar-refractivity contribution is -0.131. The van der Waals surface area contributed by atoms with Crippen LogP contribution in [-0.4, -0.2) is 30.5 Å². The van der Waals surface area contributed by atoms with E-state index in [0.717, 1.165) is 38.0 Å². The van der Waals surface area contributed by atoms with Gasteiger partial charge in [0.15, 0.2) is 0 Å². The molecule has 0 unspecified atom stereocenters. The zero-order valence-electron chi connectivity index (χ0n) is 19.9. The van der Waals surface area contributed by atoms with E-state index in [1.54, 1.807) is 11.6 Å². The quantitative estimate of drug-likeness (QED) is 0.228. The Morgan fingerprint density at radius 2 is 1.51 bits per heavy atom. The number of nitrogens with zero attached hydrogens (tertiary/aromatic N) is 1. The summed E-state index contributed by atoms with van der Waals surface area (Å²) in [6, 6.07) is 25.1. The fourth-order valence-electron chi connectivity index (χ4n) is 4.89. The summed E-state index contributed by atoms with van der Waals surface area (Å²) in [6.07, 6.45) is 11.0. The first-order valence-electron chi connectivity index (χ1n) is 11.9. The summed E-state index contributed by atoms with van der Waals surface area (Å²) in [6.45, 7) is 4.43. The standard InChI is InChI=1S/C31H29NO2.ClH/c1-23(33)34-28-12-6-8-24(22-28)9-7-19-32-20-17-27(18-21-32)31-29-13-4-2-10-25(29)15-16-26-11-3-5-14-30(26)31;/h2-16,22H,17-21H2,1H3;1H/b9-7+;. The zero-order chi connectivity index (χ0) is 23.3. The highest BCUT2D eigenvalue weighted by Gasteiger charge is 2.22. The van der Waals surface area contributed by atoms with Crippen molar-refractivity contribution in [2.75, 3.05) is 19.6 Å². The number of benzene rings is 3. The van der Waals surface area contributed by atoms with E-state index in [2.05, 4.69) is 77.7 Å². The number of carbonyl (C=O) groups is 1. The molecule has 3 aromatic rings. The van der Waals surface area contributed by atoms with Gasteiger partial charge in [-0.05, 0) is 58.4 Å². The first kappa shape index (κ1) is 24.7. The summed E-state index contributed by atoms with van der Waals surface area (Å²) in [5, 5.41) is 0. The molecule has 1 heterocycles. The lowest BCUT2D eigenvalue weighted by Gasteiger charge is -2.29. The Kier molecular flexibility index (Phi) is 8.02. The van der Waals surface area contributed by atoms with Crippen LogP contribution in [0.4, 0.5) is 0 Å². The highest BCUT2D eigenvalue weighted by atomic mass is 35.5. The summed E-state index contributed by atoms with van der Waals surface area (Å²) in [7, 11) is 0. The molecule has 0 spiro atoms. The Morgan fingerprint density at radius 3 is 2.14 bits per heavy atom. The molecule has 0 bridgehead atoms. The van der Waals surface area contributed by atoms with Gasteiger partial charge in [-0.25, -0.2) is 0 Å². The highest BCUT2D eigenvalue weighted by Crippen LogP contribution is 2.38. The van der Waals surface area contributed by atoms with Crippen molar-refractivity contribution in [1.82, 2.24) is 4.90 Å². The Morgan fingerprint density at radius 1 is 0.886 bits per heavy atom. The van der Waals surface area contributed by atoms with Gasteiger partial charge in [0, 0.05) is 26.6 Å². The highest BCUT2D eigenvalue weighted by molar-refractivity contribution is 5.94. The average molecular weight is 484 g/mol. The Bertz CT molecular complexity index is 1240. The summed E-state index contributed by atoms with van der Waals surface area (Å²) in [5.41, 5.74) is 9.30. The fourth-order valence-corrected chi connectivity index (χ4v) is 4.89. The van der Waals surface area contributed by atoms with Crippen LogP contribution in [0, 0.1) is 0 Å². The van der Waals surface area contributed by atoms with E-state index < -0.39 is 0 Å². The second kappa shape index (κ2) is 11.4. The number of fused-ring (bicyclic) bond motifs is 2. The molecule has 5 rings (SSSR count). The van der Waals surface area contributed by atoms with Crippen molar-refractivity contribution >= 4 is 42.2 Å². The van der Waals surface area contributed by atoms with Crippen LogP contribution in [-0.2, 0) is 4.79 Å². The maximum absolute atomic E-state index is 11.2. The zero-order valence-corrected chi connectivity index (χ0v) is 20.8. The van der Waals surface area contributed by atoms with E-state index >= 15 is 0 Å².